The van der Waals surface area contributed by atoms with Gasteiger partial charge in [-0.3, -0.25) is 0 Å². The second-order valence-electron chi connectivity index (χ2n) is 4.83. The summed E-state index contributed by atoms with van der Waals surface area (Å²) in [4.78, 5) is 27.8. The summed E-state index contributed by atoms with van der Waals surface area (Å²) in [6.45, 7) is 3.79. The maximum Gasteiger partial charge on any atom is 0.240 e. The maximum absolute atomic E-state index is 10.3. The Labute approximate surface area is 128 Å². The van der Waals surface area contributed by atoms with Gasteiger partial charge in [-0.1, -0.05) is 24.3 Å². The summed E-state index contributed by atoms with van der Waals surface area (Å²) in [7, 11) is 0. The number of benzene rings is 2. The average molecular weight is 290 g/mol. The van der Waals surface area contributed by atoms with Gasteiger partial charge in [0.25, 0.3) is 0 Å². The summed E-state index contributed by atoms with van der Waals surface area (Å²) in [5, 5.41) is 0. The first-order valence-corrected chi connectivity index (χ1v) is 6.69. The molecule has 0 fully saturated rings. The third kappa shape index (κ3) is 3.74. The van der Waals surface area contributed by atoms with E-state index >= 15 is 0 Å². The molecule has 4 nitrogen and oxygen atoms in total. The monoisotopic (exact) mass is 290 g/mol. The van der Waals surface area contributed by atoms with Crippen molar-refractivity contribution in [1.29, 1.82) is 0 Å². The van der Waals surface area contributed by atoms with E-state index in [4.69, 9.17) is 0 Å². The van der Waals surface area contributed by atoms with E-state index in [1.165, 1.54) is 0 Å². The molecule has 0 aliphatic rings. The number of hydrogen-bond donors (Lipinski definition) is 0. The third-order valence-corrected chi connectivity index (χ3v) is 3.24. The summed E-state index contributed by atoms with van der Waals surface area (Å²) in [6, 6.07) is 11.2. The molecule has 22 heavy (non-hydrogen) atoms. The molecule has 108 valence electrons. The Balaban J connectivity index is 2.25. The van der Waals surface area contributed by atoms with Gasteiger partial charge in [-0.05, 0) is 60.4 Å². The molecule has 2 rings (SSSR count). The lowest BCUT2D eigenvalue weighted by Crippen LogP contribution is -1.79. The Morgan fingerprint density at radius 2 is 1.18 bits per heavy atom. The maximum atomic E-state index is 10.3. The lowest BCUT2D eigenvalue weighted by atomic mass is 10.1. The number of hydrogen-bond acceptors (Lipinski definition) is 4. The van der Waals surface area contributed by atoms with Crippen molar-refractivity contribution in [3.05, 3.63) is 58.7 Å². The highest BCUT2D eigenvalue weighted by atomic mass is 16.1. The van der Waals surface area contributed by atoms with Gasteiger partial charge in [-0.15, -0.1) is 0 Å². The third-order valence-electron chi connectivity index (χ3n) is 3.24. The molecule has 0 spiro atoms. The fourth-order valence-electron chi connectivity index (χ4n) is 2.11. The van der Waals surface area contributed by atoms with Crippen molar-refractivity contribution in [2.24, 2.45) is 9.98 Å². The second kappa shape index (κ2) is 7.09. The van der Waals surface area contributed by atoms with Crippen LogP contribution in [0.15, 0.2) is 46.4 Å². The van der Waals surface area contributed by atoms with Gasteiger partial charge in [-0.25, -0.2) is 9.59 Å². The molecule has 0 aliphatic heterocycles. The highest BCUT2D eigenvalue weighted by Gasteiger charge is 1.99. The molecular formula is C18H14N2O2. The minimum absolute atomic E-state index is 0.624. The van der Waals surface area contributed by atoms with Crippen LogP contribution < -0.4 is 0 Å². The van der Waals surface area contributed by atoms with Gasteiger partial charge in [0.15, 0.2) is 0 Å². The zero-order valence-corrected chi connectivity index (χ0v) is 12.3. The molecule has 0 amide bonds. The van der Waals surface area contributed by atoms with Gasteiger partial charge >= 0.3 is 0 Å². The molecule has 0 unspecified atom stereocenters. The predicted octanol–water partition coefficient (Wildman–Crippen LogP) is 4.41. The van der Waals surface area contributed by atoms with Crippen LogP contribution in [0.5, 0.6) is 0 Å². The summed E-state index contributed by atoms with van der Waals surface area (Å²) in [6.07, 6.45) is 7.03. The van der Waals surface area contributed by atoms with E-state index in [0.29, 0.717) is 11.4 Å². The highest BCUT2D eigenvalue weighted by Crippen LogP contribution is 2.22. The summed E-state index contributed by atoms with van der Waals surface area (Å²) in [5.41, 5.74) is 5.10. The molecule has 0 aliphatic carbocycles. The van der Waals surface area contributed by atoms with Gasteiger partial charge in [0.2, 0.25) is 12.2 Å². The minimum atomic E-state index is 0.624. The molecule has 2 aromatic rings. The Morgan fingerprint density at radius 1 is 0.773 bits per heavy atom. The minimum Gasteiger partial charge on any atom is -0.211 e. The Kier molecular flexibility index (Phi) is 4.94. The van der Waals surface area contributed by atoms with E-state index in [1.807, 2.05) is 50.3 Å². The van der Waals surface area contributed by atoms with Crippen molar-refractivity contribution in [1.82, 2.24) is 0 Å². The number of rotatable bonds is 4. The van der Waals surface area contributed by atoms with E-state index in [-0.39, 0.29) is 0 Å². The van der Waals surface area contributed by atoms with Crippen molar-refractivity contribution in [3.63, 3.8) is 0 Å². The Morgan fingerprint density at radius 3 is 1.50 bits per heavy atom. The van der Waals surface area contributed by atoms with E-state index in [2.05, 4.69) is 9.98 Å². The zero-order valence-electron chi connectivity index (χ0n) is 12.3. The summed E-state index contributed by atoms with van der Waals surface area (Å²) >= 11 is 0. The topological polar surface area (TPSA) is 58.9 Å². The first-order chi connectivity index (χ1) is 10.6. The van der Waals surface area contributed by atoms with Gasteiger partial charge < -0.3 is 0 Å². The summed E-state index contributed by atoms with van der Waals surface area (Å²) < 4.78 is 0. The molecule has 4 heteroatoms. The number of nitrogens with zero attached hydrogens (tertiary/aromatic N) is 2. The second-order valence-corrected chi connectivity index (χ2v) is 4.83. The fourth-order valence-corrected chi connectivity index (χ4v) is 2.11. The molecule has 0 radical (unpaired) electrons. The standard InChI is InChI=1S/C18H14N2O2/c1-13-9-15(5-7-17(13)19-11-21)3-4-16-6-8-18(20-12-22)14(2)10-16/h3-10H,1-2H3. The van der Waals surface area contributed by atoms with Crippen LogP contribution in [0.25, 0.3) is 12.2 Å². The lowest BCUT2D eigenvalue weighted by molar-refractivity contribution is 0.564. The van der Waals surface area contributed by atoms with Crippen LogP contribution in [-0.2, 0) is 9.59 Å². The van der Waals surface area contributed by atoms with Crippen LogP contribution in [-0.4, -0.2) is 12.2 Å². The molecular weight excluding hydrogens is 276 g/mol. The van der Waals surface area contributed by atoms with Crippen molar-refractivity contribution < 1.29 is 9.59 Å². The number of aryl methyl sites for hydroxylation is 2. The van der Waals surface area contributed by atoms with E-state index in [9.17, 15) is 9.59 Å². The first kappa shape index (κ1) is 15.3. The smallest absolute Gasteiger partial charge is 0.211 e. The molecule has 0 saturated heterocycles. The van der Waals surface area contributed by atoms with Gasteiger partial charge in [-0.2, -0.15) is 9.98 Å². The van der Waals surface area contributed by atoms with Crippen LogP contribution in [0.3, 0.4) is 0 Å². The van der Waals surface area contributed by atoms with Gasteiger partial charge in [0.05, 0.1) is 11.4 Å². The van der Waals surface area contributed by atoms with E-state index in [1.54, 1.807) is 24.3 Å². The van der Waals surface area contributed by atoms with E-state index in [0.717, 1.165) is 22.3 Å². The summed E-state index contributed by atoms with van der Waals surface area (Å²) in [5.74, 6) is 0. The lowest BCUT2D eigenvalue weighted by Gasteiger charge is -2.02. The molecule has 0 bridgehead atoms. The zero-order chi connectivity index (χ0) is 15.9. The molecule has 0 atom stereocenters. The van der Waals surface area contributed by atoms with Crippen LogP contribution in [0, 0.1) is 13.8 Å². The van der Waals surface area contributed by atoms with E-state index < -0.39 is 0 Å². The first-order valence-electron chi connectivity index (χ1n) is 6.69. The number of carbonyl (C=O) groups excluding carboxylic acids is 2. The molecule has 0 aromatic heterocycles. The quantitative estimate of drug-likeness (QED) is 0.476. The van der Waals surface area contributed by atoms with Crippen molar-refractivity contribution in [3.8, 4) is 0 Å². The Bertz CT molecular complexity index is 755. The van der Waals surface area contributed by atoms with Crippen LogP contribution in [0.1, 0.15) is 22.3 Å². The van der Waals surface area contributed by atoms with Crippen molar-refractivity contribution in [2.75, 3.05) is 0 Å². The van der Waals surface area contributed by atoms with Crippen LogP contribution >= 0.6 is 0 Å². The fraction of sp³-hybridized carbons (Fsp3) is 0.111. The molecule has 0 saturated carbocycles. The molecule has 0 heterocycles. The molecule has 2 aromatic carbocycles. The van der Waals surface area contributed by atoms with Crippen LogP contribution in [0.4, 0.5) is 11.4 Å². The average Bonchev–Trinajstić information content (AvgIpc) is 2.50. The SMILES string of the molecule is Cc1cc(C=Cc2ccc(N=C=O)c(C)c2)ccc1N=C=O. The number of isocyanates is 2. The van der Waals surface area contributed by atoms with Crippen molar-refractivity contribution in [2.45, 2.75) is 13.8 Å². The number of aliphatic imine (C=N–C) groups is 2. The Hall–Kier alpha value is -3.06. The largest absolute Gasteiger partial charge is 0.240 e. The van der Waals surface area contributed by atoms with Gasteiger partial charge in [0.1, 0.15) is 0 Å². The van der Waals surface area contributed by atoms with Crippen LogP contribution in [0.2, 0.25) is 0 Å². The predicted molar refractivity (Wildman–Crippen MR) is 86.8 cm³/mol. The normalized spacial score (nSPS) is 10.1. The highest BCUT2D eigenvalue weighted by molar-refractivity contribution is 5.72. The molecule has 0 N–H and O–H groups in total. The van der Waals surface area contributed by atoms with Gasteiger partial charge in [0, 0.05) is 0 Å². The van der Waals surface area contributed by atoms with Crippen molar-refractivity contribution >= 4 is 35.7 Å².